The summed E-state index contributed by atoms with van der Waals surface area (Å²) in [6.45, 7) is 5.67. The van der Waals surface area contributed by atoms with Gasteiger partial charge in [-0.05, 0) is 32.4 Å². The maximum Gasteiger partial charge on any atom is 0.375 e. The number of ether oxygens (including phenoxy) is 3. The van der Waals surface area contributed by atoms with Crippen LogP contribution in [0.5, 0.6) is 11.6 Å². The second-order valence-electron chi connectivity index (χ2n) is 5.34. The molecule has 0 aliphatic rings. The minimum atomic E-state index is -1.21. The van der Waals surface area contributed by atoms with Crippen LogP contribution in [0.2, 0.25) is 0 Å². The lowest BCUT2D eigenvalue weighted by Crippen LogP contribution is -2.09. The van der Waals surface area contributed by atoms with Crippen LogP contribution in [0.3, 0.4) is 0 Å². The number of aryl methyl sites for hydroxylation is 1. The van der Waals surface area contributed by atoms with Crippen LogP contribution in [0.15, 0.2) is 42.5 Å². The fourth-order valence-electron chi connectivity index (χ4n) is 1.94. The van der Waals surface area contributed by atoms with Gasteiger partial charge in [0.1, 0.15) is 12.0 Å². The van der Waals surface area contributed by atoms with Crippen LogP contribution in [-0.4, -0.2) is 34.1 Å². The summed E-state index contributed by atoms with van der Waals surface area (Å²) in [6, 6.07) is 7.14. The lowest BCUT2D eigenvalue weighted by Gasteiger charge is -2.11. The Morgan fingerprint density at radius 2 is 2.08 bits per heavy atom. The molecule has 0 radical (unpaired) electrons. The van der Waals surface area contributed by atoms with Crippen molar-refractivity contribution in [3.8, 4) is 17.3 Å². The molecule has 0 aliphatic heterocycles. The predicted molar refractivity (Wildman–Crippen MR) is 87.4 cm³/mol. The lowest BCUT2D eigenvalue weighted by atomic mass is 10.2. The van der Waals surface area contributed by atoms with Gasteiger partial charge in [0.15, 0.2) is 0 Å². The summed E-state index contributed by atoms with van der Waals surface area (Å²) in [5.74, 6) is -0.603. The summed E-state index contributed by atoms with van der Waals surface area (Å²) >= 11 is 0. The van der Waals surface area contributed by atoms with Gasteiger partial charge in [0.25, 0.3) is 0 Å². The molecule has 0 saturated heterocycles. The van der Waals surface area contributed by atoms with Crippen molar-refractivity contribution >= 4 is 5.97 Å². The van der Waals surface area contributed by atoms with E-state index in [1.807, 2.05) is 32.9 Å². The van der Waals surface area contributed by atoms with Crippen molar-refractivity contribution in [2.45, 2.75) is 26.9 Å². The highest BCUT2D eigenvalue weighted by Gasteiger charge is 2.14. The molecule has 0 bridgehead atoms. The van der Waals surface area contributed by atoms with Gasteiger partial charge >= 0.3 is 5.97 Å². The van der Waals surface area contributed by atoms with Gasteiger partial charge in [-0.15, -0.1) is 5.10 Å². The zero-order valence-electron chi connectivity index (χ0n) is 14.0. The molecular weight excluding hydrogens is 312 g/mol. The Morgan fingerprint density at radius 3 is 2.71 bits per heavy atom. The van der Waals surface area contributed by atoms with Crippen LogP contribution in [-0.2, 0) is 9.53 Å². The SMILES string of the molecule is CO/C=C(\Oc1cc(-n2ccc(OC(C)C)n2)ccc1C)C(=O)O. The van der Waals surface area contributed by atoms with Crippen LogP contribution in [0.1, 0.15) is 19.4 Å². The molecule has 0 atom stereocenters. The standard InChI is InChI=1S/C17H20N2O5/c1-11(2)23-16-7-8-19(18-16)13-6-5-12(3)14(9-13)24-15(10-22-4)17(20)21/h5-11H,1-4H3,(H,20,21)/b15-10-. The highest BCUT2D eigenvalue weighted by molar-refractivity contribution is 5.84. The molecule has 128 valence electrons. The van der Waals surface area contributed by atoms with Crippen LogP contribution in [0.25, 0.3) is 5.69 Å². The molecule has 7 nitrogen and oxygen atoms in total. The Balaban J connectivity index is 2.29. The van der Waals surface area contributed by atoms with Crippen molar-refractivity contribution in [3.63, 3.8) is 0 Å². The molecule has 2 rings (SSSR count). The molecule has 0 amide bonds. The molecule has 7 heteroatoms. The van der Waals surface area contributed by atoms with Gasteiger partial charge in [-0.25, -0.2) is 9.48 Å². The fourth-order valence-corrected chi connectivity index (χ4v) is 1.94. The van der Waals surface area contributed by atoms with Gasteiger partial charge < -0.3 is 19.3 Å². The average molecular weight is 332 g/mol. The second-order valence-corrected chi connectivity index (χ2v) is 5.34. The number of rotatable bonds is 7. The monoisotopic (exact) mass is 332 g/mol. The number of aliphatic carboxylic acids is 1. The number of hydrogen-bond acceptors (Lipinski definition) is 5. The van der Waals surface area contributed by atoms with Gasteiger partial charge in [-0.1, -0.05) is 6.07 Å². The fraction of sp³-hybridized carbons (Fsp3) is 0.294. The average Bonchev–Trinajstić information content (AvgIpc) is 2.96. The Morgan fingerprint density at radius 1 is 1.33 bits per heavy atom. The normalized spacial score (nSPS) is 11.5. The summed E-state index contributed by atoms with van der Waals surface area (Å²) in [6.07, 6.45) is 2.83. The quantitative estimate of drug-likeness (QED) is 0.620. The first-order chi connectivity index (χ1) is 11.4. The minimum Gasteiger partial charge on any atom is -0.500 e. The third-order valence-corrected chi connectivity index (χ3v) is 3.01. The highest BCUT2D eigenvalue weighted by Crippen LogP contribution is 2.24. The minimum absolute atomic E-state index is 0.0302. The molecule has 1 heterocycles. The molecule has 0 spiro atoms. The Labute approximate surface area is 140 Å². The van der Waals surface area contributed by atoms with E-state index in [-0.39, 0.29) is 11.9 Å². The molecule has 2 aromatic rings. The topological polar surface area (TPSA) is 82.8 Å². The maximum absolute atomic E-state index is 11.2. The zero-order valence-corrected chi connectivity index (χ0v) is 14.0. The number of carboxylic acids is 1. The Bertz CT molecular complexity index is 749. The number of hydrogen-bond donors (Lipinski definition) is 1. The van der Waals surface area contributed by atoms with Crippen molar-refractivity contribution in [1.82, 2.24) is 9.78 Å². The number of benzene rings is 1. The van der Waals surface area contributed by atoms with Gasteiger partial charge in [0.05, 0.1) is 18.9 Å². The van der Waals surface area contributed by atoms with E-state index in [1.165, 1.54) is 7.11 Å². The van der Waals surface area contributed by atoms with Crippen molar-refractivity contribution in [3.05, 3.63) is 48.0 Å². The Hall–Kier alpha value is -2.96. The van der Waals surface area contributed by atoms with E-state index in [0.29, 0.717) is 11.6 Å². The number of methoxy groups -OCH3 is 1. The molecular formula is C17H20N2O5. The summed E-state index contributed by atoms with van der Waals surface area (Å²) in [5, 5.41) is 13.4. The van der Waals surface area contributed by atoms with Crippen molar-refractivity contribution < 1.29 is 24.1 Å². The van der Waals surface area contributed by atoms with Gasteiger partial charge in [0, 0.05) is 18.3 Å². The smallest absolute Gasteiger partial charge is 0.375 e. The molecule has 0 saturated carbocycles. The van der Waals surface area contributed by atoms with E-state index in [0.717, 1.165) is 17.5 Å². The Kier molecular flexibility index (Phi) is 5.47. The third-order valence-electron chi connectivity index (χ3n) is 3.01. The first kappa shape index (κ1) is 17.4. The first-order valence-electron chi connectivity index (χ1n) is 7.38. The summed E-state index contributed by atoms with van der Waals surface area (Å²) in [5.41, 5.74) is 1.50. The first-order valence-corrected chi connectivity index (χ1v) is 7.38. The van der Waals surface area contributed by atoms with E-state index >= 15 is 0 Å². The molecule has 1 aromatic carbocycles. The van der Waals surface area contributed by atoms with Crippen LogP contribution in [0, 0.1) is 6.92 Å². The predicted octanol–water partition coefficient (Wildman–Crippen LogP) is 2.92. The summed E-state index contributed by atoms with van der Waals surface area (Å²) < 4.78 is 17.3. The van der Waals surface area contributed by atoms with E-state index < -0.39 is 5.97 Å². The molecule has 24 heavy (non-hydrogen) atoms. The van der Waals surface area contributed by atoms with Crippen LogP contribution in [0.4, 0.5) is 0 Å². The largest absolute Gasteiger partial charge is 0.500 e. The van der Waals surface area contributed by atoms with Gasteiger partial charge in [-0.3, -0.25) is 0 Å². The highest BCUT2D eigenvalue weighted by atomic mass is 16.5. The van der Waals surface area contributed by atoms with Gasteiger partial charge in [-0.2, -0.15) is 0 Å². The second kappa shape index (κ2) is 7.54. The number of carboxylic acid groups (broad SMARTS) is 1. The number of nitrogens with zero attached hydrogens (tertiary/aromatic N) is 2. The van der Waals surface area contributed by atoms with E-state index in [2.05, 4.69) is 5.10 Å². The molecule has 0 fully saturated rings. The lowest BCUT2D eigenvalue weighted by molar-refractivity contribution is -0.135. The molecule has 0 aliphatic carbocycles. The van der Waals surface area contributed by atoms with Crippen molar-refractivity contribution in [2.75, 3.05) is 7.11 Å². The van der Waals surface area contributed by atoms with Crippen LogP contribution < -0.4 is 9.47 Å². The van der Waals surface area contributed by atoms with E-state index in [9.17, 15) is 4.79 Å². The zero-order chi connectivity index (χ0) is 17.7. The van der Waals surface area contributed by atoms with Gasteiger partial charge in [0.2, 0.25) is 11.6 Å². The summed E-state index contributed by atoms with van der Waals surface area (Å²) in [7, 11) is 1.36. The van der Waals surface area contributed by atoms with E-state index in [1.54, 1.807) is 23.0 Å². The number of carbonyl (C=O) groups is 1. The molecule has 1 N–H and O–H groups in total. The van der Waals surface area contributed by atoms with Crippen molar-refractivity contribution in [1.29, 1.82) is 0 Å². The third kappa shape index (κ3) is 4.28. The molecule has 1 aromatic heterocycles. The summed E-state index contributed by atoms with van der Waals surface area (Å²) in [4.78, 5) is 11.2. The van der Waals surface area contributed by atoms with Crippen LogP contribution >= 0.6 is 0 Å². The maximum atomic E-state index is 11.2. The van der Waals surface area contributed by atoms with E-state index in [4.69, 9.17) is 19.3 Å². The number of aromatic nitrogens is 2. The molecule has 0 unspecified atom stereocenters. The van der Waals surface area contributed by atoms with Crippen molar-refractivity contribution in [2.24, 2.45) is 0 Å².